The minimum atomic E-state index is -0.281. The Morgan fingerprint density at radius 3 is 2.22 bits per heavy atom. The van der Waals surface area contributed by atoms with E-state index in [1.807, 2.05) is 19.1 Å². The number of hydrogen-bond donors (Lipinski definition) is 0. The van der Waals surface area contributed by atoms with Crippen molar-refractivity contribution >= 4 is 11.9 Å². The van der Waals surface area contributed by atoms with Gasteiger partial charge in [0.1, 0.15) is 5.82 Å². The number of hydrogen-bond acceptors (Lipinski definition) is 1. The molecule has 0 amide bonds. The Bertz CT molecular complexity index is 565. The highest BCUT2D eigenvalue weighted by molar-refractivity contribution is 6.06. The van der Waals surface area contributed by atoms with Crippen molar-refractivity contribution in [1.29, 1.82) is 0 Å². The van der Waals surface area contributed by atoms with E-state index in [9.17, 15) is 9.18 Å². The minimum absolute atomic E-state index is 0.0562. The van der Waals surface area contributed by atoms with Crippen LogP contribution in [0.5, 0.6) is 0 Å². The molecule has 0 atom stereocenters. The number of ketones is 1. The van der Waals surface area contributed by atoms with E-state index in [4.69, 9.17) is 0 Å². The fraction of sp³-hybridized carbons (Fsp3) is 0.0625. The van der Waals surface area contributed by atoms with E-state index in [1.165, 1.54) is 18.2 Å². The molecule has 0 saturated heterocycles. The lowest BCUT2D eigenvalue weighted by Crippen LogP contribution is -1.93. The number of benzene rings is 2. The third-order valence-corrected chi connectivity index (χ3v) is 2.63. The summed E-state index contributed by atoms with van der Waals surface area (Å²) in [5, 5.41) is 0. The molecule has 0 aromatic heterocycles. The molecule has 0 saturated carbocycles. The summed E-state index contributed by atoms with van der Waals surface area (Å²) in [6.45, 7) is 1.97. The first-order chi connectivity index (χ1) is 8.65. The van der Waals surface area contributed by atoms with Crippen molar-refractivity contribution in [2.45, 2.75) is 6.92 Å². The van der Waals surface area contributed by atoms with Gasteiger partial charge in [-0.15, -0.1) is 0 Å². The number of carbonyl (C=O) groups excluding carboxylic acids is 1. The van der Waals surface area contributed by atoms with Crippen molar-refractivity contribution in [1.82, 2.24) is 0 Å². The smallest absolute Gasteiger partial charge is 0.185 e. The SMILES string of the molecule is Cc1ccc(C(=O)C=Cc2ccc(F)cc2)cc1. The minimum Gasteiger partial charge on any atom is -0.289 e. The van der Waals surface area contributed by atoms with Crippen LogP contribution in [0, 0.1) is 12.7 Å². The zero-order chi connectivity index (χ0) is 13.0. The van der Waals surface area contributed by atoms with Crippen LogP contribution in [0.25, 0.3) is 6.08 Å². The Hall–Kier alpha value is -2.22. The summed E-state index contributed by atoms with van der Waals surface area (Å²) in [5.74, 6) is -0.337. The summed E-state index contributed by atoms with van der Waals surface area (Å²) in [5.41, 5.74) is 2.57. The summed E-state index contributed by atoms with van der Waals surface area (Å²) in [6.07, 6.45) is 3.18. The van der Waals surface area contributed by atoms with Crippen LogP contribution in [-0.4, -0.2) is 5.78 Å². The monoisotopic (exact) mass is 240 g/mol. The molecule has 2 aromatic carbocycles. The van der Waals surface area contributed by atoms with Crippen molar-refractivity contribution in [2.75, 3.05) is 0 Å². The van der Waals surface area contributed by atoms with Crippen LogP contribution in [0.15, 0.2) is 54.6 Å². The van der Waals surface area contributed by atoms with Crippen molar-refractivity contribution in [3.8, 4) is 0 Å². The van der Waals surface area contributed by atoms with Gasteiger partial charge in [-0.25, -0.2) is 4.39 Å². The summed E-state index contributed by atoms with van der Waals surface area (Å²) in [6, 6.07) is 13.4. The van der Waals surface area contributed by atoms with E-state index in [1.54, 1.807) is 30.3 Å². The van der Waals surface area contributed by atoms with E-state index < -0.39 is 0 Å². The molecule has 0 fully saturated rings. The largest absolute Gasteiger partial charge is 0.289 e. The number of carbonyl (C=O) groups is 1. The Kier molecular flexibility index (Phi) is 3.68. The molecule has 0 aliphatic heterocycles. The van der Waals surface area contributed by atoms with Crippen LogP contribution in [0.4, 0.5) is 4.39 Å². The van der Waals surface area contributed by atoms with Gasteiger partial charge in [0.15, 0.2) is 5.78 Å². The zero-order valence-corrected chi connectivity index (χ0v) is 10.1. The number of rotatable bonds is 3. The first-order valence-corrected chi connectivity index (χ1v) is 5.70. The molecule has 2 heteroatoms. The molecular weight excluding hydrogens is 227 g/mol. The van der Waals surface area contributed by atoms with Crippen molar-refractivity contribution in [3.05, 3.63) is 77.1 Å². The van der Waals surface area contributed by atoms with Crippen LogP contribution in [0.2, 0.25) is 0 Å². The molecule has 0 aliphatic carbocycles. The molecule has 0 spiro atoms. The first kappa shape index (κ1) is 12.2. The molecule has 0 unspecified atom stereocenters. The van der Waals surface area contributed by atoms with Crippen LogP contribution in [-0.2, 0) is 0 Å². The topological polar surface area (TPSA) is 17.1 Å². The fourth-order valence-electron chi connectivity index (χ4n) is 1.56. The molecule has 0 heterocycles. The molecule has 18 heavy (non-hydrogen) atoms. The van der Waals surface area contributed by atoms with Gasteiger partial charge in [0.05, 0.1) is 0 Å². The molecule has 0 N–H and O–H groups in total. The van der Waals surface area contributed by atoms with Crippen LogP contribution >= 0.6 is 0 Å². The van der Waals surface area contributed by atoms with Gasteiger partial charge < -0.3 is 0 Å². The second kappa shape index (κ2) is 5.41. The first-order valence-electron chi connectivity index (χ1n) is 5.70. The van der Waals surface area contributed by atoms with Gasteiger partial charge in [-0.05, 0) is 30.7 Å². The average Bonchev–Trinajstić information content (AvgIpc) is 2.38. The van der Waals surface area contributed by atoms with E-state index in [0.717, 1.165) is 11.1 Å². The maximum Gasteiger partial charge on any atom is 0.185 e. The van der Waals surface area contributed by atoms with Gasteiger partial charge in [0.25, 0.3) is 0 Å². The van der Waals surface area contributed by atoms with Gasteiger partial charge in [0.2, 0.25) is 0 Å². The standard InChI is InChI=1S/C16H13FO/c1-12-2-7-14(8-3-12)16(18)11-6-13-4-9-15(17)10-5-13/h2-11H,1H3. The van der Waals surface area contributed by atoms with Gasteiger partial charge in [-0.2, -0.15) is 0 Å². The Morgan fingerprint density at radius 1 is 1.00 bits per heavy atom. The van der Waals surface area contributed by atoms with Crippen molar-refractivity contribution < 1.29 is 9.18 Å². The summed E-state index contributed by atoms with van der Waals surface area (Å²) >= 11 is 0. The Balaban J connectivity index is 2.11. The highest BCUT2D eigenvalue weighted by Gasteiger charge is 2.00. The Labute approximate surface area is 106 Å². The van der Waals surface area contributed by atoms with Gasteiger partial charge in [-0.3, -0.25) is 4.79 Å². The zero-order valence-electron chi connectivity index (χ0n) is 10.1. The quantitative estimate of drug-likeness (QED) is 0.584. The average molecular weight is 240 g/mol. The van der Waals surface area contributed by atoms with Crippen LogP contribution in [0.1, 0.15) is 21.5 Å². The normalized spacial score (nSPS) is 10.8. The number of halogens is 1. The molecule has 0 bridgehead atoms. The van der Waals surface area contributed by atoms with Crippen molar-refractivity contribution in [3.63, 3.8) is 0 Å². The second-order valence-electron chi connectivity index (χ2n) is 4.12. The van der Waals surface area contributed by atoms with Gasteiger partial charge >= 0.3 is 0 Å². The van der Waals surface area contributed by atoms with E-state index in [-0.39, 0.29) is 11.6 Å². The molecule has 2 aromatic rings. The summed E-state index contributed by atoms with van der Waals surface area (Å²) in [7, 11) is 0. The predicted octanol–water partition coefficient (Wildman–Crippen LogP) is 4.03. The highest BCUT2D eigenvalue weighted by Crippen LogP contribution is 2.08. The lowest BCUT2D eigenvalue weighted by molar-refractivity contribution is 0.104. The van der Waals surface area contributed by atoms with Crippen LogP contribution in [0.3, 0.4) is 0 Å². The van der Waals surface area contributed by atoms with Crippen molar-refractivity contribution in [2.24, 2.45) is 0 Å². The maximum absolute atomic E-state index is 12.7. The van der Waals surface area contributed by atoms with E-state index in [0.29, 0.717) is 5.56 Å². The second-order valence-corrected chi connectivity index (χ2v) is 4.12. The fourth-order valence-corrected chi connectivity index (χ4v) is 1.56. The summed E-state index contributed by atoms with van der Waals surface area (Å²) < 4.78 is 12.7. The molecule has 1 nitrogen and oxygen atoms in total. The van der Waals surface area contributed by atoms with E-state index in [2.05, 4.69) is 0 Å². The van der Waals surface area contributed by atoms with Gasteiger partial charge in [-0.1, -0.05) is 48.0 Å². The van der Waals surface area contributed by atoms with Crippen LogP contribution < -0.4 is 0 Å². The molecule has 90 valence electrons. The maximum atomic E-state index is 12.7. The van der Waals surface area contributed by atoms with E-state index >= 15 is 0 Å². The molecular formula is C16H13FO. The molecule has 0 aliphatic rings. The number of aryl methyl sites for hydroxylation is 1. The Morgan fingerprint density at radius 2 is 1.61 bits per heavy atom. The predicted molar refractivity (Wildman–Crippen MR) is 70.9 cm³/mol. The lowest BCUT2D eigenvalue weighted by Gasteiger charge is -1.97. The number of allylic oxidation sites excluding steroid dienone is 1. The summed E-state index contributed by atoms with van der Waals surface area (Å²) in [4.78, 5) is 11.8. The highest BCUT2D eigenvalue weighted by atomic mass is 19.1. The molecule has 2 rings (SSSR count). The third-order valence-electron chi connectivity index (χ3n) is 2.63. The van der Waals surface area contributed by atoms with Gasteiger partial charge in [0, 0.05) is 5.56 Å². The third kappa shape index (κ3) is 3.14. The lowest BCUT2D eigenvalue weighted by atomic mass is 10.1. The molecule has 0 radical (unpaired) electrons.